The van der Waals surface area contributed by atoms with Crippen molar-refractivity contribution in [2.75, 3.05) is 104 Å². The standard InChI is InChI=1S/C43H55N3O14/c1-53-18-19-55-22-23-57-26-27-59-29-28-58-25-24-56-21-20-54-17-16-44-43(52)36(31-42(51)60-46-40(49)14-15-41(46)50)30-37(47)12-13-39(48)45-32-35-8-3-2-6-33(35)10-11-34-7-4-5-9-38(34)45/h2-9,36H,12-32H2,1H3,(H,44,52)/t36-/m0/s1. The van der Waals surface area contributed by atoms with E-state index in [-0.39, 0.29) is 64.3 Å². The number of fused-ring (bicyclic) bond motifs is 2. The Labute approximate surface area is 350 Å². The number of Topliss-reactive ketones (excluding diaryl/α,β-unsaturated/α-hetero) is 1. The molecule has 2 aromatic carbocycles. The molecular formula is C43H55N3O14. The summed E-state index contributed by atoms with van der Waals surface area (Å²) in [5.41, 5.74) is 2.95. The van der Waals surface area contributed by atoms with Crippen LogP contribution in [0, 0.1) is 17.8 Å². The lowest BCUT2D eigenvalue weighted by atomic mass is 9.95. The van der Waals surface area contributed by atoms with Gasteiger partial charge in [-0.15, -0.1) is 5.06 Å². The zero-order valence-corrected chi connectivity index (χ0v) is 34.2. The van der Waals surface area contributed by atoms with Gasteiger partial charge >= 0.3 is 5.97 Å². The highest BCUT2D eigenvalue weighted by atomic mass is 16.7. The maximum atomic E-state index is 13.7. The van der Waals surface area contributed by atoms with Crippen molar-refractivity contribution in [2.24, 2.45) is 5.92 Å². The number of hydrogen-bond donors (Lipinski definition) is 1. The van der Waals surface area contributed by atoms with Gasteiger partial charge in [-0.05, 0) is 23.8 Å². The maximum absolute atomic E-state index is 13.7. The van der Waals surface area contributed by atoms with Crippen molar-refractivity contribution in [2.45, 2.75) is 45.1 Å². The molecule has 1 atom stereocenters. The number of rotatable bonds is 30. The Hall–Kier alpha value is -5.06. The summed E-state index contributed by atoms with van der Waals surface area (Å²) in [6.45, 7) is 5.55. The summed E-state index contributed by atoms with van der Waals surface area (Å²) in [5.74, 6) is 1.37. The van der Waals surface area contributed by atoms with E-state index in [1.54, 1.807) is 18.1 Å². The van der Waals surface area contributed by atoms with Gasteiger partial charge in [0.05, 0.1) is 110 Å². The number of carbonyl (C=O) groups excluding carboxylic acids is 6. The molecule has 4 rings (SSSR count). The van der Waals surface area contributed by atoms with Crippen molar-refractivity contribution in [1.82, 2.24) is 10.4 Å². The lowest BCUT2D eigenvalue weighted by molar-refractivity contribution is -0.198. The van der Waals surface area contributed by atoms with Crippen LogP contribution in [0.3, 0.4) is 0 Å². The number of carbonyl (C=O) groups is 6. The monoisotopic (exact) mass is 837 g/mol. The molecule has 0 unspecified atom stereocenters. The molecule has 17 nitrogen and oxygen atoms in total. The molecule has 0 aliphatic carbocycles. The van der Waals surface area contributed by atoms with Crippen LogP contribution in [0.4, 0.5) is 5.69 Å². The van der Waals surface area contributed by atoms with E-state index < -0.39 is 41.8 Å². The Morgan fingerprint density at radius 1 is 0.650 bits per heavy atom. The summed E-state index contributed by atoms with van der Waals surface area (Å²) in [7, 11) is 1.62. The third-order valence-corrected chi connectivity index (χ3v) is 9.09. The molecule has 326 valence electrons. The normalized spacial score (nSPS) is 13.8. The first kappa shape index (κ1) is 47.6. The molecule has 0 aromatic heterocycles. The molecule has 2 aliphatic rings. The maximum Gasteiger partial charge on any atom is 0.334 e. The van der Waals surface area contributed by atoms with E-state index >= 15 is 0 Å². The molecule has 1 N–H and O–H groups in total. The molecule has 0 saturated carbocycles. The van der Waals surface area contributed by atoms with E-state index in [1.807, 2.05) is 42.5 Å². The third kappa shape index (κ3) is 17.3. The Bertz CT molecular complexity index is 1760. The SMILES string of the molecule is COCCOCCOCCOCCOCCOCCOCCNC(=O)[C@@H](CC(=O)CCC(=O)N1Cc2ccccc2C#Cc2ccccc21)CC(=O)ON1C(=O)CCC1=O. The van der Waals surface area contributed by atoms with Gasteiger partial charge in [-0.3, -0.25) is 24.0 Å². The van der Waals surface area contributed by atoms with Crippen molar-refractivity contribution in [3.05, 3.63) is 65.2 Å². The van der Waals surface area contributed by atoms with Crippen LogP contribution in [-0.4, -0.2) is 140 Å². The molecule has 1 fully saturated rings. The zero-order chi connectivity index (χ0) is 42.8. The van der Waals surface area contributed by atoms with Crippen molar-refractivity contribution in [3.63, 3.8) is 0 Å². The Morgan fingerprint density at radius 3 is 1.77 bits per heavy atom. The minimum absolute atomic E-state index is 0.0647. The average Bonchev–Trinajstić information content (AvgIpc) is 3.55. The van der Waals surface area contributed by atoms with Gasteiger partial charge in [0.2, 0.25) is 11.8 Å². The number of para-hydroxylation sites is 1. The quantitative estimate of drug-likeness (QED) is 0.0683. The van der Waals surface area contributed by atoms with E-state index in [2.05, 4.69) is 17.2 Å². The van der Waals surface area contributed by atoms with Crippen LogP contribution in [0.15, 0.2) is 48.5 Å². The van der Waals surface area contributed by atoms with Gasteiger partial charge in [-0.2, -0.15) is 0 Å². The molecule has 2 aromatic rings. The summed E-state index contributed by atoms with van der Waals surface area (Å²) in [6.07, 6.45) is -1.51. The second-order valence-corrected chi connectivity index (χ2v) is 13.6. The molecule has 2 aliphatic heterocycles. The van der Waals surface area contributed by atoms with Crippen molar-refractivity contribution in [3.8, 4) is 11.8 Å². The third-order valence-electron chi connectivity index (χ3n) is 9.09. The van der Waals surface area contributed by atoms with E-state index in [1.165, 1.54) is 0 Å². The average molecular weight is 838 g/mol. The van der Waals surface area contributed by atoms with Crippen molar-refractivity contribution in [1.29, 1.82) is 0 Å². The number of anilines is 1. The van der Waals surface area contributed by atoms with Gasteiger partial charge in [0.1, 0.15) is 5.78 Å². The molecular weight excluding hydrogens is 782 g/mol. The van der Waals surface area contributed by atoms with Gasteiger partial charge in [0, 0.05) is 56.9 Å². The zero-order valence-electron chi connectivity index (χ0n) is 34.2. The van der Waals surface area contributed by atoms with Crippen LogP contribution >= 0.6 is 0 Å². The first-order chi connectivity index (χ1) is 29.3. The van der Waals surface area contributed by atoms with Crippen LogP contribution in [0.25, 0.3) is 0 Å². The Balaban J connectivity index is 1.15. The minimum atomic E-state index is -1.20. The number of nitrogens with one attached hydrogen (secondary N) is 1. The summed E-state index contributed by atoms with van der Waals surface area (Å²) < 4.78 is 37.5. The molecule has 60 heavy (non-hydrogen) atoms. The molecule has 2 heterocycles. The van der Waals surface area contributed by atoms with Crippen molar-refractivity contribution >= 4 is 41.1 Å². The molecule has 4 amide bonds. The summed E-state index contributed by atoms with van der Waals surface area (Å²) in [5, 5.41) is 3.05. The molecule has 1 saturated heterocycles. The van der Waals surface area contributed by atoms with Gasteiger partial charge in [-0.25, -0.2) is 4.79 Å². The van der Waals surface area contributed by atoms with Gasteiger partial charge < -0.3 is 48.2 Å². The largest absolute Gasteiger partial charge is 0.382 e. The molecule has 0 bridgehead atoms. The van der Waals surface area contributed by atoms with E-state index in [0.717, 1.165) is 11.1 Å². The van der Waals surface area contributed by atoms with Gasteiger partial charge in [-0.1, -0.05) is 42.2 Å². The lowest BCUT2D eigenvalue weighted by Crippen LogP contribution is -2.38. The van der Waals surface area contributed by atoms with E-state index in [9.17, 15) is 28.8 Å². The predicted molar refractivity (Wildman–Crippen MR) is 214 cm³/mol. The fraction of sp³-hybridized carbons (Fsp3) is 0.535. The van der Waals surface area contributed by atoms with E-state index in [0.29, 0.717) is 89.0 Å². The number of hydroxylamine groups is 2. The fourth-order valence-electron chi connectivity index (χ4n) is 5.96. The van der Waals surface area contributed by atoms with Crippen LogP contribution in [-0.2, 0) is 73.3 Å². The molecule has 17 heteroatoms. The van der Waals surface area contributed by atoms with Crippen molar-refractivity contribution < 1.29 is 66.8 Å². The lowest BCUT2D eigenvalue weighted by Gasteiger charge is -2.26. The molecule has 0 radical (unpaired) electrons. The summed E-state index contributed by atoms with van der Waals surface area (Å²) >= 11 is 0. The number of imide groups is 1. The topological polar surface area (TPSA) is 195 Å². The summed E-state index contributed by atoms with van der Waals surface area (Å²) in [4.78, 5) is 83.6. The smallest absolute Gasteiger partial charge is 0.334 e. The highest BCUT2D eigenvalue weighted by molar-refractivity contribution is 6.02. The number of amides is 4. The van der Waals surface area contributed by atoms with E-state index in [4.69, 9.17) is 38.0 Å². The highest BCUT2D eigenvalue weighted by Crippen LogP contribution is 2.26. The first-order valence-electron chi connectivity index (χ1n) is 20.1. The number of methoxy groups -OCH3 is 1. The Kier molecular flexibility index (Phi) is 21.9. The fourth-order valence-corrected chi connectivity index (χ4v) is 5.96. The number of nitrogens with zero attached hydrogens (tertiary/aromatic N) is 2. The summed E-state index contributed by atoms with van der Waals surface area (Å²) in [6, 6.07) is 14.8. The van der Waals surface area contributed by atoms with Gasteiger partial charge in [0.25, 0.3) is 11.8 Å². The predicted octanol–water partition coefficient (Wildman–Crippen LogP) is 2.15. The van der Waals surface area contributed by atoms with Crippen LogP contribution in [0.2, 0.25) is 0 Å². The Morgan fingerprint density at radius 2 is 1.17 bits per heavy atom. The second-order valence-electron chi connectivity index (χ2n) is 13.6. The highest BCUT2D eigenvalue weighted by Gasteiger charge is 2.34. The van der Waals surface area contributed by atoms with Crippen LogP contribution in [0.1, 0.15) is 55.2 Å². The number of benzene rings is 2. The van der Waals surface area contributed by atoms with Crippen LogP contribution < -0.4 is 10.2 Å². The van der Waals surface area contributed by atoms with Gasteiger partial charge in [0.15, 0.2) is 0 Å². The second kappa shape index (κ2) is 27.7. The minimum Gasteiger partial charge on any atom is -0.382 e. The number of ether oxygens (including phenoxy) is 7. The number of hydrogen-bond acceptors (Lipinski definition) is 14. The van der Waals surface area contributed by atoms with Crippen LogP contribution in [0.5, 0.6) is 0 Å². The first-order valence-corrected chi connectivity index (χ1v) is 20.1. The molecule has 0 spiro atoms. The number of ketones is 1.